The fourth-order valence-corrected chi connectivity index (χ4v) is 2.25. The topological polar surface area (TPSA) is 25.2 Å². The molecule has 0 amide bonds. The molecule has 1 aromatic heterocycles. The molecule has 0 fully saturated rings. The first kappa shape index (κ1) is 8.97. The second kappa shape index (κ2) is 3.64. The van der Waals surface area contributed by atoms with Gasteiger partial charge in [0.2, 0.25) is 5.13 Å². The summed E-state index contributed by atoms with van der Waals surface area (Å²) in [4.78, 5) is 8.09. The van der Waals surface area contributed by atoms with Crippen LogP contribution in [0.2, 0.25) is 0 Å². The van der Waals surface area contributed by atoms with Crippen molar-refractivity contribution in [3.8, 4) is 0 Å². The summed E-state index contributed by atoms with van der Waals surface area (Å²) in [6, 6.07) is 5.93. The van der Waals surface area contributed by atoms with Gasteiger partial charge in [-0.2, -0.15) is 4.99 Å². The zero-order valence-corrected chi connectivity index (χ0v) is 9.54. The average Bonchev–Trinajstić information content (AvgIpc) is 2.46. The van der Waals surface area contributed by atoms with Crippen molar-refractivity contribution < 1.29 is 0 Å². The lowest BCUT2D eigenvalue weighted by Crippen LogP contribution is -1.66. The molecule has 5 heteroatoms. The van der Waals surface area contributed by atoms with E-state index in [1.54, 1.807) is 0 Å². The Kier molecular flexibility index (Phi) is 2.51. The van der Waals surface area contributed by atoms with Gasteiger partial charge in [0.15, 0.2) is 0 Å². The van der Waals surface area contributed by atoms with Crippen LogP contribution in [-0.2, 0) is 0 Å². The number of rotatable bonds is 1. The van der Waals surface area contributed by atoms with Crippen molar-refractivity contribution in [3.05, 3.63) is 22.7 Å². The standard InChI is InChI=1S/C8H3BrN2S2/c9-5-1-2-7-6(3-5)11-8(13-7)10-4-12/h1-3H. The molecule has 0 aliphatic rings. The number of thiocarbonyl (C=S) groups is 1. The Labute approximate surface area is 92.5 Å². The van der Waals surface area contributed by atoms with Gasteiger partial charge in [-0.05, 0) is 30.4 Å². The van der Waals surface area contributed by atoms with Gasteiger partial charge in [-0.25, -0.2) is 4.98 Å². The Morgan fingerprint density at radius 1 is 1.54 bits per heavy atom. The number of aromatic nitrogens is 1. The maximum atomic E-state index is 4.51. The summed E-state index contributed by atoms with van der Waals surface area (Å²) >= 11 is 9.39. The van der Waals surface area contributed by atoms with Crippen LogP contribution in [0, 0.1) is 0 Å². The Morgan fingerprint density at radius 3 is 3.15 bits per heavy atom. The zero-order chi connectivity index (χ0) is 9.26. The third-order valence-electron chi connectivity index (χ3n) is 1.48. The number of hydrogen-bond acceptors (Lipinski definition) is 4. The fraction of sp³-hybridized carbons (Fsp3) is 0. The maximum absolute atomic E-state index is 4.51. The van der Waals surface area contributed by atoms with Crippen LogP contribution in [-0.4, -0.2) is 10.1 Å². The fourth-order valence-electron chi connectivity index (χ4n) is 0.975. The van der Waals surface area contributed by atoms with Gasteiger partial charge in [-0.1, -0.05) is 27.3 Å². The zero-order valence-electron chi connectivity index (χ0n) is 6.32. The number of hydrogen-bond donors (Lipinski definition) is 0. The Morgan fingerprint density at radius 2 is 2.38 bits per heavy atom. The molecular formula is C8H3BrN2S2. The van der Waals surface area contributed by atoms with E-state index in [0.29, 0.717) is 5.13 Å². The first-order valence-corrected chi connectivity index (χ1v) is 5.45. The Hall–Kier alpha value is -0.610. The van der Waals surface area contributed by atoms with Crippen molar-refractivity contribution in [1.82, 2.24) is 4.98 Å². The second-order valence-electron chi connectivity index (χ2n) is 2.31. The van der Waals surface area contributed by atoms with Gasteiger partial charge in [-0.15, -0.1) is 0 Å². The lowest BCUT2D eigenvalue weighted by atomic mass is 10.3. The number of nitrogens with zero attached hydrogens (tertiary/aromatic N) is 2. The van der Waals surface area contributed by atoms with E-state index >= 15 is 0 Å². The molecule has 1 heterocycles. The smallest absolute Gasteiger partial charge is 0.218 e. The van der Waals surface area contributed by atoms with Crippen molar-refractivity contribution in [1.29, 1.82) is 0 Å². The first-order valence-electron chi connectivity index (χ1n) is 3.43. The summed E-state index contributed by atoms with van der Waals surface area (Å²) in [6.45, 7) is 0. The second-order valence-corrected chi connectivity index (χ2v) is 4.42. The van der Waals surface area contributed by atoms with E-state index in [2.05, 4.69) is 43.3 Å². The molecule has 0 N–H and O–H groups in total. The molecule has 0 unspecified atom stereocenters. The molecule has 0 radical (unpaired) electrons. The highest BCUT2D eigenvalue weighted by Crippen LogP contribution is 2.29. The largest absolute Gasteiger partial charge is 0.219 e. The molecule has 0 atom stereocenters. The van der Waals surface area contributed by atoms with Crippen LogP contribution < -0.4 is 0 Å². The number of isothiocyanates is 1. The first-order chi connectivity index (χ1) is 6.29. The SMILES string of the molecule is S=C=Nc1nc2cc(Br)ccc2s1. The predicted molar refractivity (Wildman–Crippen MR) is 62.0 cm³/mol. The van der Waals surface area contributed by atoms with Crippen LogP contribution in [0.3, 0.4) is 0 Å². The van der Waals surface area contributed by atoms with E-state index in [9.17, 15) is 0 Å². The molecule has 0 bridgehead atoms. The number of thiazole rings is 1. The molecule has 2 rings (SSSR count). The van der Waals surface area contributed by atoms with Gasteiger partial charge in [0.05, 0.1) is 15.4 Å². The van der Waals surface area contributed by atoms with Gasteiger partial charge < -0.3 is 0 Å². The monoisotopic (exact) mass is 270 g/mol. The molecule has 0 aliphatic heterocycles. The van der Waals surface area contributed by atoms with E-state index in [0.717, 1.165) is 14.7 Å². The summed E-state index contributed by atoms with van der Waals surface area (Å²) in [5.74, 6) is 0. The summed E-state index contributed by atoms with van der Waals surface area (Å²) in [5.41, 5.74) is 0.934. The molecule has 0 aliphatic carbocycles. The van der Waals surface area contributed by atoms with E-state index in [4.69, 9.17) is 0 Å². The Balaban J connectivity index is 2.68. The normalized spacial score (nSPS) is 9.92. The molecular weight excluding hydrogens is 268 g/mol. The average molecular weight is 271 g/mol. The number of fused-ring (bicyclic) bond motifs is 1. The number of aliphatic imine (C=N–C) groups is 1. The molecule has 0 saturated heterocycles. The van der Waals surface area contributed by atoms with E-state index in [1.807, 2.05) is 18.2 Å². The van der Waals surface area contributed by atoms with Crippen molar-refractivity contribution >= 4 is 60.0 Å². The highest BCUT2D eigenvalue weighted by molar-refractivity contribution is 9.10. The van der Waals surface area contributed by atoms with E-state index in [1.165, 1.54) is 11.3 Å². The van der Waals surface area contributed by atoms with Gasteiger partial charge in [0.1, 0.15) is 0 Å². The minimum Gasteiger partial charge on any atom is -0.218 e. The molecule has 1 aromatic carbocycles. The molecule has 0 spiro atoms. The lowest BCUT2D eigenvalue weighted by Gasteiger charge is -1.86. The summed E-state index contributed by atoms with van der Waals surface area (Å²) in [5, 5.41) is 2.96. The van der Waals surface area contributed by atoms with Crippen LogP contribution in [0.15, 0.2) is 27.7 Å². The van der Waals surface area contributed by atoms with Gasteiger partial charge >= 0.3 is 0 Å². The van der Waals surface area contributed by atoms with Crippen molar-refractivity contribution in [2.75, 3.05) is 0 Å². The van der Waals surface area contributed by atoms with Gasteiger partial charge in [-0.3, -0.25) is 0 Å². The lowest BCUT2D eigenvalue weighted by molar-refractivity contribution is 1.42. The summed E-state index contributed by atoms with van der Waals surface area (Å²) in [7, 11) is 0. The Bertz CT molecular complexity index is 500. The van der Waals surface area contributed by atoms with Crippen molar-refractivity contribution in [3.63, 3.8) is 0 Å². The van der Waals surface area contributed by atoms with Crippen molar-refractivity contribution in [2.24, 2.45) is 4.99 Å². The summed E-state index contributed by atoms with van der Waals surface area (Å²) < 4.78 is 2.12. The number of halogens is 1. The minimum atomic E-state index is 0.656. The third kappa shape index (κ3) is 1.84. The molecule has 2 nitrogen and oxygen atoms in total. The van der Waals surface area contributed by atoms with Crippen molar-refractivity contribution in [2.45, 2.75) is 0 Å². The van der Waals surface area contributed by atoms with Crippen LogP contribution >= 0.6 is 39.5 Å². The molecule has 0 saturated carbocycles. The quantitative estimate of drug-likeness (QED) is 0.582. The van der Waals surface area contributed by atoms with E-state index < -0.39 is 0 Å². The molecule has 2 aromatic rings. The van der Waals surface area contributed by atoms with Gasteiger partial charge in [0.25, 0.3) is 0 Å². The van der Waals surface area contributed by atoms with Crippen LogP contribution in [0.4, 0.5) is 5.13 Å². The predicted octanol–water partition coefficient (Wildman–Crippen LogP) is 3.79. The van der Waals surface area contributed by atoms with Crippen LogP contribution in [0.5, 0.6) is 0 Å². The van der Waals surface area contributed by atoms with Crippen LogP contribution in [0.1, 0.15) is 0 Å². The molecule has 64 valence electrons. The minimum absolute atomic E-state index is 0.656. The number of benzene rings is 1. The highest BCUT2D eigenvalue weighted by Gasteiger charge is 2.01. The third-order valence-corrected chi connectivity index (χ3v) is 2.99. The van der Waals surface area contributed by atoms with Gasteiger partial charge in [0, 0.05) is 4.47 Å². The van der Waals surface area contributed by atoms with E-state index in [-0.39, 0.29) is 0 Å². The van der Waals surface area contributed by atoms with Crippen LogP contribution in [0.25, 0.3) is 10.2 Å². The molecule has 13 heavy (non-hydrogen) atoms. The highest BCUT2D eigenvalue weighted by atomic mass is 79.9. The maximum Gasteiger partial charge on any atom is 0.219 e. The summed E-state index contributed by atoms with van der Waals surface area (Å²) in [6.07, 6.45) is 0.